The van der Waals surface area contributed by atoms with Crippen molar-refractivity contribution >= 4 is 55.6 Å². The van der Waals surface area contributed by atoms with E-state index in [9.17, 15) is 0 Å². The van der Waals surface area contributed by atoms with Crippen LogP contribution in [0, 0.1) is 0 Å². The zero-order chi connectivity index (χ0) is 31.9. The van der Waals surface area contributed by atoms with Gasteiger partial charge in [-0.1, -0.05) is 148 Å². The van der Waals surface area contributed by atoms with E-state index in [-0.39, 0.29) is 5.41 Å². The number of hydrogen-bond donors (Lipinski definition) is 0. The molecule has 1 heterocycles. The normalized spacial score (nSPS) is 13.6. The van der Waals surface area contributed by atoms with Crippen molar-refractivity contribution < 1.29 is 4.42 Å². The second-order valence-corrected chi connectivity index (χ2v) is 13.2. The van der Waals surface area contributed by atoms with Crippen LogP contribution in [0.15, 0.2) is 138 Å². The van der Waals surface area contributed by atoms with Crippen molar-refractivity contribution in [2.75, 3.05) is 0 Å². The fourth-order valence-electron chi connectivity index (χ4n) is 8.38. The first-order chi connectivity index (χ1) is 23.0. The first-order valence-electron chi connectivity index (χ1n) is 16.4. The predicted octanol–water partition coefficient (Wildman–Crippen LogP) is 13.2. The van der Waals surface area contributed by atoms with E-state index in [1.54, 1.807) is 0 Å². The van der Waals surface area contributed by atoms with E-state index in [1.165, 1.54) is 66.1 Å². The minimum Gasteiger partial charge on any atom is -0.455 e. The SMILES string of the molecule is C=Cc1ccc2oc3c(-c4c5ccccc5c(-c5ccccc5)c5ccccc45)c4c(cc3c2c1/C=C\C)-c1ccccc1C4(C)C. The van der Waals surface area contributed by atoms with Gasteiger partial charge in [-0.25, -0.2) is 0 Å². The Labute approximate surface area is 275 Å². The second kappa shape index (κ2) is 10.2. The molecule has 0 bridgehead atoms. The van der Waals surface area contributed by atoms with Crippen molar-refractivity contribution in [2.45, 2.75) is 26.2 Å². The third-order valence-corrected chi connectivity index (χ3v) is 10.3. The Morgan fingerprint density at radius 2 is 1.23 bits per heavy atom. The number of benzene rings is 7. The molecule has 0 radical (unpaired) electrons. The highest BCUT2D eigenvalue weighted by Gasteiger charge is 2.40. The molecule has 0 saturated carbocycles. The third-order valence-electron chi connectivity index (χ3n) is 10.3. The summed E-state index contributed by atoms with van der Waals surface area (Å²) in [6, 6.07) is 44.2. The van der Waals surface area contributed by atoms with E-state index in [4.69, 9.17) is 4.42 Å². The largest absolute Gasteiger partial charge is 0.455 e. The number of allylic oxidation sites excluding steroid dienone is 1. The van der Waals surface area contributed by atoms with Gasteiger partial charge in [0.25, 0.3) is 0 Å². The summed E-state index contributed by atoms with van der Waals surface area (Å²) in [7, 11) is 0. The minimum absolute atomic E-state index is 0.243. The highest BCUT2D eigenvalue weighted by Crippen LogP contribution is 2.58. The van der Waals surface area contributed by atoms with Gasteiger partial charge in [0, 0.05) is 27.3 Å². The zero-order valence-corrected chi connectivity index (χ0v) is 26.9. The van der Waals surface area contributed by atoms with Gasteiger partial charge in [0.15, 0.2) is 0 Å². The Kier molecular flexibility index (Phi) is 5.98. The second-order valence-electron chi connectivity index (χ2n) is 13.2. The molecule has 7 aromatic carbocycles. The van der Waals surface area contributed by atoms with Crippen molar-refractivity contribution in [2.24, 2.45) is 0 Å². The molecule has 0 unspecified atom stereocenters. The molecule has 0 amide bonds. The maximum absolute atomic E-state index is 7.09. The summed E-state index contributed by atoms with van der Waals surface area (Å²) in [6.45, 7) is 11.0. The average Bonchev–Trinajstić information content (AvgIpc) is 3.59. The summed E-state index contributed by atoms with van der Waals surface area (Å²) in [5.41, 5.74) is 14.0. The molecular weight excluding hydrogens is 569 g/mol. The van der Waals surface area contributed by atoms with E-state index >= 15 is 0 Å². The summed E-state index contributed by atoms with van der Waals surface area (Å²) < 4.78 is 7.09. The van der Waals surface area contributed by atoms with Gasteiger partial charge in [0.1, 0.15) is 11.2 Å². The molecule has 1 aromatic heterocycles. The Bertz CT molecular complexity index is 2550. The maximum atomic E-state index is 7.09. The summed E-state index contributed by atoms with van der Waals surface area (Å²) in [4.78, 5) is 0. The van der Waals surface area contributed by atoms with Gasteiger partial charge < -0.3 is 4.42 Å². The predicted molar refractivity (Wildman–Crippen MR) is 202 cm³/mol. The molecule has 224 valence electrons. The van der Waals surface area contributed by atoms with E-state index < -0.39 is 0 Å². The fraction of sp³-hybridized carbons (Fsp3) is 0.0870. The van der Waals surface area contributed by atoms with Crippen molar-refractivity contribution in [1.82, 2.24) is 0 Å². The Hall–Kier alpha value is -5.66. The molecule has 47 heavy (non-hydrogen) atoms. The van der Waals surface area contributed by atoms with Gasteiger partial charge in [-0.05, 0) is 85.1 Å². The molecule has 0 saturated heterocycles. The topological polar surface area (TPSA) is 13.1 Å². The lowest BCUT2D eigenvalue weighted by Crippen LogP contribution is -2.16. The lowest BCUT2D eigenvalue weighted by molar-refractivity contribution is 0.650. The summed E-state index contributed by atoms with van der Waals surface area (Å²) >= 11 is 0. The molecule has 8 aromatic rings. The van der Waals surface area contributed by atoms with Gasteiger partial charge in [0.2, 0.25) is 0 Å². The number of rotatable bonds is 4. The third kappa shape index (κ3) is 3.77. The highest BCUT2D eigenvalue weighted by atomic mass is 16.3. The van der Waals surface area contributed by atoms with Crippen molar-refractivity contribution in [3.63, 3.8) is 0 Å². The first kappa shape index (κ1) is 27.6. The molecule has 0 N–H and O–H groups in total. The van der Waals surface area contributed by atoms with Crippen LogP contribution < -0.4 is 0 Å². The maximum Gasteiger partial charge on any atom is 0.143 e. The van der Waals surface area contributed by atoms with Gasteiger partial charge >= 0.3 is 0 Å². The van der Waals surface area contributed by atoms with Crippen molar-refractivity contribution in [3.05, 3.63) is 156 Å². The van der Waals surface area contributed by atoms with Gasteiger partial charge in [-0.15, -0.1) is 0 Å². The average molecular weight is 603 g/mol. The minimum atomic E-state index is -0.243. The highest BCUT2D eigenvalue weighted by molar-refractivity contribution is 6.26. The molecule has 1 aliphatic rings. The van der Waals surface area contributed by atoms with Crippen LogP contribution in [0.2, 0.25) is 0 Å². The van der Waals surface area contributed by atoms with Gasteiger partial charge in [-0.2, -0.15) is 0 Å². The molecule has 9 rings (SSSR count). The summed E-state index contributed by atoms with van der Waals surface area (Å²) in [6.07, 6.45) is 6.25. The molecule has 1 aliphatic carbocycles. The van der Waals surface area contributed by atoms with E-state index in [1.807, 2.05) is 6.08 Å². The number of hydrogen-bond acceptors (Lipinski definition) is 1. The number of fused-ring (bicyclic) bond motifs is 8. The standard InChI is InChI=1S/C46H34O/c1-5-16-30-28(6-2)25-26-39-41(30)37-27-36-31-19-14-15-24-38(31)46(3,4)44(36)43(45(37)47-39)42-34-22-12-10-20-32(34)40(29-17-8-7-9-18-29)33-21-11-13-23-35(33)42/h5-27H,2H2,1,3-4H3/b16-5-. The first-order valence-corrected chi connectivity index (χ1v) is 16.4. The molecule has 0 aliphatic heterocycles. The lowest BCUT2D eigenvalue weighted by atomic mass is 9.76. The van der Waals surface area contributed by atoms with Crippen LogP contribution in [0.3, 0.4) is 0 Å². The van der Waals surface area contributed by atoms with Crippen molar-refractivity contribution in [3.8, 4) is 33.4 Å². The van der Waals surface area contributed by atoms with E-state index in [0.717, 1.165) is 33.1 Å². The van der Waals surface area contributed by atoms with Crippen LogP contribution in [0.5, 0.6) is 0 Å². The summed E-state index contributed by atoms with van der Waals surface area (Å²) in [5, 5.41) is 7.21. The van der Waals surface area contributed by atoms with Crippen LogP contribution in [-0.2, 0) is 5.41 Å². The Morgan fingerprint density at radius 1 is 0.617 bits per heavy atom. The monoisotopic (exact) mass is 602 g/mol. The van der Waals surface area contributed by atoms with E-state index in [2.05, 4.69) is 161 Å². The van der Waals surface area contributed by atoms with Gasteiger partial charge in [-0.3, -0.25) is 0 Å². The smallest absolute Gasteiger partial charge is 0.143 e. The zero-order valence-electron chi connectivity index (χ0n) is 26.9. The quantitative estimate of drug-likeness (QED) is 0.183. The van der Waals surface area contributed by atoms with Gasteiger partial charge in [0.05, 0.1) is 0 Å². The van der Waals surface area contributed by atoms with E-state index in [0.29, 0.717) is 0 Å². The lowest BCUT2D eigenvalue weighted by Gasteiger charge is -2.26. The number of furan rings is 1. The Balaban J connectivity index is 1.56. The van der Waals surface area contributed by atoms with Crippen LogP contribution in [0.1, 0.15) is 43.0 Å². The van der Waals surface area contributed by atoms with Crippen LogP contribution >= 0.6 is 0 Å². The summed E-state index contributed by atoms with van der Waals surface area (Å²) in [5.74, 6) is 0. The fourth-order valence-corrected chi connectivity index (χ4v) is 8.38. The van der Waals surface area contributed by atoms with Crippen molar-refractivity contribution in [1.29, 1.82) is 0 Å². The molecule has 0 spiro atoms. The molecular formula is C46H34O. The van der Waals surface area contributed by atoms with Crippen LogP contribution in [0.25, 0.3) is 89.0 Å². The Morgan fingerprint density at radius 3 is 1.89 bits per heavy atom. The molecule has 0 fully saturated rings. The molecule has 0 atom stereocenters. The molecule has 1 nitrogen and oxygen atoms in total. The van der Waals surface area contributed by atoms with Crippen LogP contribution in [-0.4, -0.2) is 0 Å². The molecule has 1 heteroatoms. The van der Waals surface area contributed by atoms with Crippen LogP contribution in [0.4, 0.5) is 0 Å².